The van der Waals surface area contributed by atoms with Crippen LogP contribution in [0.1, 0.15) is 19.8 Å². The molecule has 0 aliphatic carbocycles. The minimum absolute atomic E-state index is 0.411. The van der Waals surface area contributed by atoms with Gasteiger partial charge in [0, 0.05) is 0 Å². The fourth-order valence-corrected chi connectivity index (χ4v) is 2.73. The topological polar surface area (TPSA) is 34.1 Å². The molecular formula is C6H12O2S. The Morgan fingerprint density at radius 1 is 1.22 bits per heavy atom. The Labute approximate surface area is 56.2 Å². The monoisotopic (exact) mass is 148 g/mol. The van der Waals surface area contributed by atoms with Crippen LogP contribution in [0.2, 0.25) is 0 Å². The molecule has 0 aromatic rings. The first kappa shape index (κ1) is 7.06. The van der Waals surface area contributed by atoms with Crippen molar-refractivity contribution in [3.8, 4) is 0 Å². The summed E-state index contributed by atoms with van der Waals surface area (Å²) in [6.07, 6.45) is 1.73. The third kappa shape index (κ3) is 1.97. The van der Waals surface area contributed by atoms with Gasteiger partial charge in [-0.2, -0.15) is 0 Å². The molecule has 1 aliphatic heterocycles. The van der Waals surface area contributed by atoms with Gasteiger partial charge in [0.1, 0.15) is 9.84 Å². The van der Waals surface area contributed by atoms with E-state index in [4.69, 9.17) is 0 Å². The van der Waals surface area contributed by atoms with Crippen LogP contribution in [-0.4, -0.2) is 19.9 Å². The summed E-state index contributed by atoms with van der Waals surface area (Å²) in [5.41, 5.74) is 0. The molecule has 0 atom stereocenters. The van der Waals surface area contributed by atoms with Crippen molar-refractivity contribution in [3.63, 3.8) is 0 Å². The van der Waals surface area contributed by atoms with E-state index in [-0.39, 0.29) is 0 Å². The molecule has 0 aromatic heterocycles. The minimum atomic E-state index is -2.62. The highest BCUT2D eigenvalue weighted by Crippen LogP contribution is 2.16. The van der Waals surface area contributed by atoms with Crippen LogP contribution >= 0.6 is 0 Å². The molecule has 0 spiro atoms. The van der Waals surface area contributed by atoms with Gasteiger partial charge in [-0.1, -0.05) is 6.92 Å². The number of hydrogen-bond donors (Lipinski definition) is 0. The summed E-state index contributed by atoms with van der Waals surface area (Å²) in [7, 11) is -2.62. The van der Waals surface area contributed by atoms with Crippen LogP contribution in [0.25, 0.3) is 0 Å². The van der Waals surface area contributed by atoms with E-state index in [9.17, 15) is 8.42 Å². The molecule has 1 fully saturated rings. The largest absolute Gasteiger partial charge is 0.229 e. The van der Waals surface area contributed by atoms with Crippen LogP contribution in [0.5, 0.6) is 0 Å². The van der Waals surface area contributed by atoms with Gasteiger partial charge in [-0.15, -0.1) is 0 Å². The normalized spacial score (nSPS) is 28.1. The van der Waals surface area contributed by atoms with Crippen molar-refractivity contribution in [2.24, 2.45) is 5.92 Å². The highest BCUT2D eigenvalue weighted by Gasteiger charge is 2.19. The van der Waals surface area contributed by atoms with Gasteiger partial charge in [0.15, 0.2) is 0 Å². The first-order chi connectivity index (χ1) is 4.10. The predicted octanol–water partition coefficient (Wildman–Crippen LogP) is 0.831. The van der Waals surface area contributed by atoms with E-state index in [0.717, 1.165) is 12.8 Å². The number of rotatable bonds is 0. The summed E-state index contributed by atoms with van der Waals surface area (Å²) >= 11 is 0. The molecule has 0 N–H and O–H groups in total. The third-order valence-electron chi connectivity index (χ3n) is 1.84. The third-order valence-corrected chi connectivity index (χ3v) is 3.56. The molecule has 0 unspecified atom stereocenters. The zero-order chi connectivity index (χ0) is 6.91. The second kappa shape index (κ2) is 2.29. The Bertz CT molecular complexity index is 167. The van der Waals surface area contributed by atoms with Crippen molar-refractivity contribution in [2.75, 3.05) is 11.5 Å². The highest BCUT2D eigenvalue weighted by atomic mass is 32.2. The minimum Gasteiger partial charge on any atom is -0.229 e. The Hall–Kier alpha value is -0.0500. The first-order valence-electron chi connectivity index (χ1n) is 3.30. The first-order valence-corrected chi connectivity index (χ1v) is 5.13. The summed E-state index contributed by atoms with van der Waals surface area (Å²) in [6.45, 7) is 2.11. The molecule has 0 aromatic carbocycles. The van der Waals surface area contributed by atoms with E-state index in [1.165, 1.54) is 0 Å². The molecule has 2 nitrogen and oxygen atoms in total. The molecule has 1 heterocycles. The molecule has 3 heteroatoms. The standard InChI is InChI=1S/C6H12O2S/c1-6-2-4-9(7,8)5-3-6/h6H,2-5H2,1H3. The van der Waals surface area contributed by atoms with Crippen LogP contribution in [-0.2, 0) is 9.84 Å². The quantitative estimate of drug-likeness (QED) is 0.510. The maximum Gasteiger partial charge on any atom is 0.150 e. The van der Waals surface area contributed by atoms with Crippen molar-refractivity contribution in [2.45, 2.75) is 19.8 Å². The van der Waals surface area contributed by atoms with Crippen molar-refractivity contribution in [1.29, 1.82) is 0 Å². The van der Waals surface area contributed by atoms with Gasteiger partial charge in [0.05, 0.1) is 11.5 Å². The summed E-state index contributed by atoms with van der Waals surface area (Å²) in [5, 5.41) is 0. The fourth-order valence-electron chi connectivity index (χ4n) is 1.01. The van der Waals surface area contributed by atoms with Gasteiger partial charge in [-0.05, 0) is 18.8 Å². The maximum atomic E-state index is 10.8. The molecule has 0 radical (unpaired) electrons. The fraction of sp³-hybridized carbons (Fsp3) is 1.00. The molecule has 0 saturated carbocycles. The van der Waals surface area contributed by atoms with Crippen LogP contribution in [0, 0.1) is 5.92 Å². The molecule has 1 aliphatic rings. The van der Waals surface area contributed by atoms with Crippen LogP contribution in [0.4, 0.5) is 0 Å². The van der Waals surface area contributed by atoms with E-state index in [0.29, 0.717) is 17.4 Å². The number of sulfone groups is 1. The molecular weight excluding hydrogens is 136 g/mol. The van der Waals surface area contributed by atoms with E-state index < -0.39 is 9.84 Å². The lowest BCUT2D eigenvalue weighted by molar-refractivity contribution is 0.500. The Morgan fingerprint density at radius 3 is 2.00 bits per heavy atom. The zero-order valence-electron chi connectivity index (χ0n) is 5.63. The van der Waals surface area contributed by atoms with Crippen molar-refractivity contribution < 1.29 is 8.42 Å². The SMILES string of the molecule is CC1CCS(=O)(=O)CC1. The van der Waals surface area contributed by atoms with Gasteiger partial charge < -0.3 is 0 Å². The smallest absolute Gasteiger partial charge is 0.150 e. The number of hydrogen-bond acceptors (Lipinski definition) is 2. The maximum absolute atomic E-state index is 10.8. The van der Waals surface area contributed by atoms with Gasteiger partial charge in [-0.25, -0.2) is 8.42 Å². The van der Waals surface area contributed by atoms with Gasteiger partial charge in [0.2, 0.25) is 0 Å². The highest BCUT2D eigenvalue weighted by molar-refractivity contribution is 7.91. The Balaban J connectivity index is 2.55. The molecule has 9 heavy (non-hydrogen) atoms. The van der Waals surface area contributed by atoms with Crippen LogP contribution in [0.15, 0.2) is 0 Å². The average Bonchev–Trinajstić information content (AvgIpc) is 1.78. The summed E-state index contributed by atoms with van der Waals surface area (Å²) in [4.78, 5) is 0. The van der Waals surface area contributed by atoms with Crippen LogP contribution < -0.4 is 0 Å². The van der Waals surface area contributed by atoms with Crippen molar-refractivity contribution >= 4 is 9.84 Å². The van der Waals surface area contributed by atoms with E-state index in [1.807, 2.05) is 0 Å². The van der Waals surface area contributed by atoms with E-state index >= 15 is 0 Å². The lowest BCUT2D eigenvalue weighted by Gasteiger charge is -2.16. The summed E-state index contributed by atoms with van der Waals surface area (Å²) in [5.74, 6) is 1.44. The molecule has 1 rings (SSSR count). The van der Waals surface area contributed by atoms with Crippen molar-refractivity contribution in [3.05, 3.63) is 0 Å². The average molecular weight is 148 g/mol. The van der Waals surface area contributed by atoms with Gasteiger partial charge in [0.25, 0.3) is 0 Å². The van der Waals surface area contributed by atoms with Crippen LogP contribution in [0.3, 0.4) is 0 Å². The molecule has 54 valence electrons. The molecule has 1 saturated heterocycles. The summed E-state index contributed by atoms with van der Waals surface area (Å²) < 4.78 is 21.6. The second-order valence-electron chi connectivity index (χ2n) is 2.83. The molecule has 0 amide bonds. The van der Waals surface area contributed by atoms with Gasteiger partial charge >= 0.3 is 0 Å². The van der Waals surface area contributed by atoms with Crippen molar-refractivity contribution in [1.82, 2.24) is 0 Å². The summed E-state index contributed by atoms with van der Waals surface area (Å²) in [6, 6.07) is 0. The van der Waals surface area contributed by atoms with E-state index in [1.54, 1.807) is 0 Å². The predicted molar refractivity (Wildman–Crippen MR) is 37.1 cm³/mol. The lowest BCUT2D eigenvalue weighted by Crippen LogP contribution is -2.21. The van der Waals surface area contributed by atoms with E-state index in [2.05, 4.69) is 6.92 Å². The second-order valence-corrected chi connectivity index (χ2v) is 5.14. The Kier molecular flexibility index (Phi) is 1.80. The van der Waals surface area contributed by atoms with Gasteiger partial charge in [-0.3, -0.25) is 0 Å². The molecule has 0 bridgehead atoms. The Morgan fingerprint density at radius 2 is 1.67 bits per heavy atom. The zero-order valence-corrected chi connectivity index (χ0v) is 6.45. The lowest BCUT2D eigenvalue weighted by atomic mass is 10.1.